The maximum Gasteiger partial charge on any atom is 0.274 e. The lowest BCUT2D eigenvalue weighted by atomic mass is 10.1. The van der Waals surface area contributed by atoms with E-state index in [9.17, 15) is 14.0 Å². The Kier molecular flexibility index (Phi) is 6.54. The summed E-state index contributed by atoms with van der Waals surface area (Å²) in [6.45, 7) is 4.94. The topological polar surface area (TPSA) is 76.9 Å². The average Bonchev–Trinajstić information content (AvgIpc) is 3.43. The SMILES string of the molecule is C[C@H]1CN(C(=O)c2nn(CC(=O)N3CCC(Oc4cccc(F)c4)CC3)c3c2CCC3)CCO1. The molecule has 34 heavy (non-hydrogen) atoms. The fourth-order valence-electron chi connectivity index (χ4n) is 5.15. The fraction of sp³-hybridized carbons (Fsp3) is 0.560. The van der Waals surface area contributed by atoms with Crippen molar-refractivity contribution in [1.82, 2.24) is 19.6 Å². The summed E-state index contributed by atoms with van der Waals surface area (Å²) in [6.07, 6.45) is 4.00. The first kappa shape index (κ1) is 22.8. The van der Waals surface area contributed by atoms with Gasteiger partial charge < -0.3 is 19.3 Å². The Morgan fingerprint density at radius 3 is 2.76 bits per heavy atom. The standard InChI is InChI=1S/C25H31FN4O4/c1-17-15-29(12-13-33-17)25(32)24-21-6-3-7-22(21)30(27-24)16-23(31)28-10-8-19(9-11-28)34-20-5-2-4-18(26)14-20/h2,4-5,14,17,19H,3,6-13,15-16H2,1H3/t17-/m0/s1. The lowest BCUT2D eigenvalue weighted by Crippen LogP contribution is -2.45. The van der Waals surface area contributed by atoms with E-state index in [2.05, 4.69) is 5.10 Å². The Bertz CT molecular complexity index is 1060. The first-order valence-corrected chi connectivity index (χ1v) is 12.2. The Hall–Kier alpha value is -2.94. The zero-order valence-electron chi connectivity index (χ0n) is 19.5. The summed E-state index contributed by atoms with van der Waals surface area (Å²) >= 11 is 0. The van der Waals surface area contributed by atoms with Crippen molar-refractivity contribution in [2.24, 2.45) is 0 Å². The molecule has 2 aromatic rings. The molecule has 8 nitrogen and oxygen atoms in total. The largest absolute Gasteiger partial charge is 0.490 e. The second kappa shape index (κ2) is 9.74. The molecule has 0 bridgehead atoms. The van der Waals surface area contributed by atoms with Crippen LogP contribution >= 0.6 is 0 Å². The van der Waals surface area contributed by atoms with Crippen molar-refractivity contribution in [1.29, 1.82) is 0 Å². The predicted octanol–water partition coefficient (Wildman–Crippen LogP) is 2.44. The van der Waals surface area contributed by atoms with E-state index in [1.165, 1.54) is 12.1 Å². The van der Waals surface area contributed by atoms with Gasteiger partial charge in [0.1, 0.15) is 24.2 Å². The van der Waals surface area contributed by atoms with Crippen LogP contribution < -0.4 is 4.74 Å². The molecule has 0 saturated carbocycles. The third-order valence-corrected chi connectivity index (χ3v) is 6.92. The molecule has 9 heteroatoms. The lowest BCUT2D eigenvalue weighted by molar-refractivity contribution is -0.133. The van der Waals surface area contributed by atoms with Gasteiger partial charge in [-0.3, -0.25) is 14.3 Å². The molecular formula is C25H31FN4O4. The van der Waals surface area contributed by atoms with Crippen LogP contribution in [0.25, 0.3) is 0 Å². The van der Waals surface area contributed by atoms with Crippen molar-refractivity contribution in [3.63, 3.8) is 0 Å². The number of benzene rings is 1. The van der Waals surface area contributed by atoms with Gasteiger partial charge in [0.25, 0.3) is 5.91 Å². The molecular weight excluding hydrogens is 439 g/mol. The van der Waals surface area contributed by atoms with Gasteiger partial charge in [0.15, 0.2) is 5.69 Å². The van der Waals surface area contributed by atoms with Gasteiger partial charge >= 0.3 is 0 Å². The highest BCUT2D eigenvalue weighted by molar-refractivity contribution is 5.94. The van der Waals surface area contributed by atoms with Crippen LogP contribution in [-0.4, -0.2) is 76.4 Å². The van der Waals surface area contributed by atoms with Gasteiger partial charge in [-0.1, -0.05) is 6.07 Å². The summed E-state index contributed by atoms with van der Waals surface area (Å²) in [4.78, 5) is 29.9. The van der Waals surface area contributed by atoms with Crippen LogP contribution in [0.1, 0.15) is 47.9 Å². The minimum Gasteiger partial charge on any atom is -0.490 e. The highest BCUT2D eigenvalue weighted by Crippen LogP contribution is 2.27. The molecule has 3 aliphatic rings. The number of ether oxygens (including phenoxy) is 2. The number of likely N-dealkylation sites (tertiary alicyclic amines) is 1. The van der Waals surface area contributed by atoms with E-state index >= 15 is 0 Å². The Morgan fingerprint density at radius 1 is 1.18 bits per heavy atom. The highest BCUT2D eigenvalue weighted by atomic mass is 19.1. The third kappa shape index (κ3) is 4.80. The maximum absolute atomic E-state index is 13.4. The monoisotopic (exact) mass is 470 g/mol. The Morgan fingerprint density at radius 2 is 2.00 bits per heavy atom. The fourth-order valence-corrected chi connectivity index (χ4v) is 5.15. The van der Waals surface area contributed by atoms with Gasteiger partial charge in [-0.25, -0.2) is 4.39 Å². The lowest BCUT2D eigenvalue weighted by Gasteiger charge is -2.32. The van der Waals surface area contributed by atoms with Crippen molar-refractivity contribution in [2.45, 2.75) is 57.8 Å². The van der Waals surface area contributed by atoms with Crippen LogP contribution in [0.15, 0.2) is 24.3 Å². The normalized spacial score (nSPS) is 20.9. The Balaban J connectivity index is 1.21. The number of fused-ring (bicyclic) bond motifs is 1. The van der Waals surface area contributed by atoms with E-state index in [4.69, 9.17) is 9.47 Å². The number of morpholine rings is 1. The number of halogens is 1. The van der Waals surface area contributed by atoms with Crippen molar-refractivity contribution in [3.8, 4) is 5.75 Å². The molecule has 182 valence electrons. The maximum atomic E-state index is 13.4. The molecule has 1 aromatic carbocycles. The van der Waals surface area contributed by atoms with Crippen LogP contribution in [-0.2, 0) is 28.9 Å². The van der Waals surface area contributed by atoms with Crippen molar-refractivity contribution in [3.05, 3.63) is 47.0 Å². The van der Waals surface area contributed by atoms with E-state index in [-0.39, 0.29) is 36.4 Å². The molecule has 1 aromatic heterocycles. The molecule has 0 unspecified atom stereocenters. The van der Waals surface area contributed by atoms with Crippen LogP contribution in [0.5, 0.6) is 5.75 Å². The molecule has 1 aliphatic carbocycles. The van der Waals surface area contributed by atoms with Crippen LogP contribution in [0.2, 0.25) is 0 Å². The molecule has 2 aliphatic heterocycles. The van der Waals surface area contributed by atoms with Gasteiger partial charge in [-0.15, -0.1) is 0 Å². The van der Waals surface area contributed by atoms with E-state index in [1.807, 2.05) is 16.7 Å². The number of nitrogens with zero attached hydrogens (tertiary/aromatic N) is 4. The Labute approximate surface area is 198 Å². The number of carbonyl (C=O) groups is 2. The van der Waals surface area contributed by atoms with Crippen molar-refractivity contribution < 1.29 is 23.5 Å². The average molecular weight is 471 g/mol. The molecule has 0 radical (unpaired) electrons. The number of carbonyl (C=O) groups excluding carboxylic acids is 2. The first-order valence-electron chi connectivity index (χ1n) is 12.2. The number of rotatable bonds is 5. The van der Waals surface area contributed by atoms with Gasteiger partial charge in [0, 0.05) is 56.3 Å². The number of hydrogen-bond acceptors (Lipinski definition) is 5. The highest BCUT2D eigenvalue weighted by Gasteiger charge is 2.32. The number of hydrogen-bond donors (Lipinski definition) is 0. The first-order chi connectivity index (χ1) is 16.5. The third-order valence-electron chi connectivity index (χ3n) is 6.92. The summed E-state index contributed by atoms with van der Waals surface area (Å²) in [5.41, 5.74) is 2.51. The number of aromatic nitrogens is 2. The second-order valence-electron chi connectivity index (χ2n) is 9.37. The smallest absolute Gasteiger partial charge is 0.274 e. The number of amides is 2. The summed E-state index contributed by atoms with van der Waals surface area (Å²) in [5.74, 6) is 0.136. The van der Waals surface area contributed by atoms with Gasteiger partial charge in [-0.05, 0) is 38.3 Å². The van der Waals surface area contributed by atoms with Crippen molar-refractivity contribution in [2.75, 3.05) is 32.8 Å². The molecule has 0 spiro atoms. The summed E-state index contributed by atoms with van der Waals surface area (Å²) in [7, 11) is 0. The van der Waals surface area contributed by atoms with Crippen molar-refractivity contribution >= 4 is 11.8 Å². The van der Waals surface area contributed by atoms with E-state index in [0.717, 1.165) is 30.5 Å². The van der Waals surface area contributed by atoms with Gasteiger partial charge in [0.2, 0.25) is 5.91 Å². The summed E-state index contributed by atoms with van der Waals surface area (Å²) in [5, 5.41) is 4.62. The van der Waals surface area contributed by atoms with Gasteiger partial charge in [0.05, 0.1) is 12.7 Å². The molecule has 2 amide bonds. The van der Waals surface area contributed by atoms with E-state index in [0.29, 0.717) is 57.1 Å². The minimum atomic E-state index is -0.321. The van der Waals surface area contributed by atoms with Crippen LogP contribution in [0, 0.1) is 5.82 Å². The summed E-state index contributed by atoms with van der Waals surface area (Å²) < 4.78 is 26.6. The van der Waals surface area contributed by atoms with E-state index < -0.39 is 0 Å². The van der Waals surface area contributed by atoms with E-state index in [1.54, 1.807) is 16.8 Å². The van der Waals surface area contributed by atoms with Crippen LogP contribution in [0.4, 0.5) is 4.39 Å². The van der Waals surface area contributed by atoms with Gasteiger partial charge in [-0.2, -0.15) is 5.10 Å². The molecule has 5 rings (SSSR count). The summed E-state index contributed by atoms with van der Waals surface area (Å²) in [6, 6.07) is 6.15. The zero-order valence-corrected chi connectivity index (χ0v) is 19.5. The second-order valence-corrected chi connectivity index (χ2v) is 9.37. The molecule has 2 fully saturated rings. The molecule has 3 heterocycles. The predicted molar refractivity (Wildman–Crippen MR) is 122 cm³/mol. The van der Waals surface area contributed by atoms with Crippen LogP contribution in [0.3, 0.4) is 0 Å². The zero-order chi connectivity index (χ0) is 23.7. The quantitative estimate of drug-likeness (QED) is 0.671. The number of piperidine rings is 1. The minimum absolute atomic E-state index is 0.000370. The molecule has 1 atom stereocenters. The molecule has 0 N–H and O–H groups in total. The molecule has 2 saturated heterocycles.